The van der Waals surface area contributed by atoms with E-state index in [0.717, 1.165) is 12.1 Å². The van der Waals surface area contributed by atoms with E-state index < -0.39 is 26.5 Å². The van der Waals surface area contributed by atoms with Gasteiger partial charge in [-0.05, 0) is 12.1 Å². The molecule has 0 aliphatic heterocycles. The number of anilines is 1. The summed E-state index contributed by atoms with van der Waals surface area (Å²) in [5, 5.41) is 15.5. The van der Waals surface area contributed by atoms with Crippen molar-refractivity contribution < 1.29 is 18.3 Å². The first kappa shape index (κ1) is 15.4. The number of rotatable bonds is 4. The molecule has 0 spiro atoms. The van der Waals surface area contributed by atoms with Crippen LogP contribution in [0.5, 0.6) is 0 Å². The van der Waals surface area contributed by atoms with E-state index in [0.29, 0.717) is 0 Å². The number of hydrogen-bond donors (Lipinski definition) is 2. The Balaban J connectivity index is 2.50. The van der Waals surface area contributed by atoms with Crippen LogP contribution in [0.4, 0.5) is 5.95 Å². The van der Waals surface area contributed by atoms with Gasteiger partial charge in [-0.15, -0.1) is 5.10 Å². The summed E-state index contributed by atoms with van der Waals surface area (Å²) in [5.41, 5.74) is -0.395. The van der Waals surface area contributed by atoms with Crippen molar-refractivity contribution in [3.05, 3.63) is 40.1 Å². The Morgan fingerprint density at radius 1 is 1.19 bits per heavy atom. The summed E-state index contributed by atoms with van der Waals surface area (Å²) >= 11 is 11.5. The number of halogens is 2. The van der Waals surface area contributed by atoms with Gasteiger partial charge >= 0.3 is 5.97 Å². The van der Waals surface area contributed by atoms with E-state index in [1.807, 2.05) is 4.72 Å². The Kier molecular flexibility index (Phi) is 4.26. The summed E-state index contributed by atoms with van der Waals surface area (Å²) in [7, 11) is -4.19. The minimum absolute atomic E-state index is 0.177. The summed E-state index contributed by atoms with van der Waals surface area (Å²) in [5.74, 6) is -1.66. The molecule has 2 aromatic rings. The van der Waals surface area contributed by atoms with Crippen molar-refractivity contribution in [1.82, 2.24) is 15.2 Å². The van der Waals surface area contributed by atoms with Gasteiger partial charge in [-0.2, -0.15) is 5.10 Å². The van der Waals surface area contributed by atoms with Crippen molar-refractivity contribution in [2.45, 2.75) is 4.90 Å². The van der Waals surface area contributed by atoms with Gasteiger partial charge in [-0.3, -0.25) is 0 Å². The van der Waals surface area contributed by atoms with Gasteiger partial charge in [0, 0.05) is 0 Å². The van der Waals surface area contributed by atoms with E-state index in [4.69, 9.17) is 28.3 Å². The Morgan fingerprint density at radius 2 is 1.90 bits per heavy atom. The van der Waals surface area contributed by atoms with Crippen LogP contribution in [0.25, 0.3) is 0 Å². The first-order valence-electron chi connectivity index (χ1n) is 5.20. The number of nitrogens with zero attached hydrogens (tertiary/aromatic N) is 3. The van der Waals surface area contributed by atoms with Gasteiger partial charge in [0.25, 0.3) is 16.0 Å². The molecule has 1 heterocycles. The van der Waals surface area contributed by atoms with Crippen molar-refractivity contribution in [2.75, 3.05) is 4.72 Å². The number of carboxylic acid groups (broad SMARTS) is 1. The number of aromatic carboxylic acids is 1. The molecule has 0 fully saturated rings. The molecule has 8 nitrogen and oxygen atoms in total. The Morgan fingerprint density at radius 3 is 2.48 bits per heavy atom. The standard InChI is InChI=1S/C10H6Cl2N4O4S/c11-6-4-7(12)8(3-5(6)9(17)18)21(19,20)16-10-13-1-2-14-15-10/h1-4H,(H,17,18)(H,13,15,16). The van der Waals surface area contributed by atoms with Crippen LogP contribution in [0.2, 0.25) is 10.0 Å². The minimum atomic E-state index is -4.19. The maximum Gasteiger partial charge on any atom is 0.337 e. The number of benzene rings is 1. The van der Waals surface area contributed by atoms with E-state index in [1.54, 1.807) is 0 Å². The second-order valence-corrected chi connectivity index (χ2v) is 6.10. The molecule has 0 atom stereocenters. The Hall–Kier alpha value is -1.97. The van der Waals surface area contributed by atoms with Gasteiger partial charge in [0.1, 0.15) is 4.90 Å². The van der Waals surface area contributed by atoms with Gasteiger partial charge in [0.15, 0.2) is 0 Å². The topological polar surface area (TPSA) is 122 Å². The first-order valence-corrected chi connectivity index (χ1v) is 7.44. The number of carboxylic acids is 1. The lowest BCUT2D eigenvalue weighted by Gasteiger charge is -2.09. The third-order valence-electron chi connectivity index (χ3n) is 2.25. The van der Waals surface area contributed by atoms with Crippen LogP contribution in [-0.2, 0) is 10.0 Å². The van der Waals surface area contributed by atoms with Crippen molar-refractivity contribution in [2.24, 2.45) is 0 Å². The van der Waals surface area contributed by atoms with E-state index in [-0.39, 0.29) is 16.0 Å². The van der Waals surface area contributed by atoms with E-state index in [9.17, 15) is 13.2 Å². The lowest BCUT2D eigenvalue weighted by atomic mass is 10.2. The van der Waals surface area contributed by atoms with Crippen molar-refractivity contribution >= 4 is 45.1 Å². The van der Waals surface area contributed by atoms with Crippen LogP contribution in [0.3, 0.4) is 0 Å². The molecule has 2 N–H and O–H groups in total. The lowest BCUT2D eigenvalue weighted by Crippen LogP contribution is -2.16. The maximum atomic E-state index is 12.2. The highest BCUT2D eigenvalue weighted by Crippen LogP contribution is 2.29. The molecule has 1 aromatic heterocycles. The van der Waals surface area contributed by atoms with Crippen LogP contribution < -0.4 is 4.72 Å². The normalized spacial score (nSPS) is 11.1. The fourth-order valence-corrected chi connectivity index (χ4v) is 3.17. The van der Waals surface area contributed by atoms with Gasteiger partial charge in [0.05, 0.1) is 28.0 Å². The highest BCUT2D eigenvalue weighted by molar-refractivity contribution is 7.92. The molecule has 0 amide bonds. The van der Waals surface area contributed by atoms with Crippen LogP contribution in [0.15, 0.2) is 29.4 Å². The smallest absolute Gasteiger partial charge is 0.337 e. The fourth-order valence-electron chi connectivity index (χ4n) is 1.37. The molecule has 0 saturated carbocycles. The second kappa shape index (κ2) is 5.80. The summed E-state index contributed by atoms with van der Waals surface area (Å²) in [6.45, 7) is 0. The van der Waals surface area contributed by atoms with Crippen LogP contribution in [0.1, 0.15) is 10.4 Å². The third kappa shape index (κ3) is 3.38. The number of hydrogen-bond acceptors (Lipinski definition) is 6. The monoisotopic (exact) mass is 348 g/mol. The molecular weight excluding hydrogens is 343 g/mol. The van der Waals surface area contributed by atoms with E-state index in [2.05, 4.69) is 15.2 Å². The minimum Gasteiger partial charge on any atom is -0.478 e. The molecule has 0 saturated heterocycles. The average molecular weight is 349 g/mol. The number of sulfonamides is 1. The van der Waals surface area contributed by atoms with Crippen LogP contribution in [-0.4, -0.2) is 34.7 Å². The highest BCUT2D eigenvalue weighted by atomic mass is 35.5. The van der Waals surface area contributed by atoms with Crippen LogP contribution >= 0.6 is 23.2 Å². The fraction of sp³-hybridized carbons (Fsp3) is 0. The molecule has 1 aromatic carbocycles. The Labute approximate surface area is 128 Å². The molecule has 0 aliphatic carbocycles. The molecule has 110 valence electrons. The predicted octanol–water partition coefficient (Wildman–Crippen LogP) is 1.68. The average Bonchev–Trinajstić information content (AvgIpc) is 2.38. The highest BCUT2D eigenvalue weighted by Gasteiger charge is 2.23. The van der Waals surface area contributed by atoms with Gasteiger partial charge in [-0.1, -0.05) is 23.2 Å². The zero-order valence-corrected chi connectivity index (χ0v) is 12.3. The summed E-state index contributed by atoms with van der Waals surface area (Å²) in [4.78, 5) is 14.2. The van der Waals surface area contributed by atoms with Crippen molar-refractivity contribution in [3.8, 4) is 0 Å². The third-order valence-corrected chi connectivity index (χ3v) is 4.36. The predicted molar refractivity (Wildman–Crippen MR) is 74.1 cm³/mol. The SMILES string of the molecule is O=C(O)c1cc(S(=O)(=O)Nc2nccnn2)c(Cl)cc1Cl. The largest absolute Gasteiger partial charge is 0.478 e. The molecule has 0 aliphatic rings. The van der Waals surface area contributed by atoms with Gasteiger partial charge in [0.2, 0.25) is 0 Å². The summed E-state index contributed by atoms with van der Waals surface area (Å²) in [6.07, 6.45) is 2.49. The summed E-state index contributed by atoms with van der Waals surface area (Å²) < 4.78 is 26.4. The van der Waals surface area contributed by atoms with Crippen molar-refractivity contribution in [1.29, 1.82) is 0 Å². The number of nitrogens with one attached hydrogen (secondary N) is 1. The molecule has 0 bridgehead atoms. The maximum absolute atomic E-state index is 12.2. The van der Waals surface area contributed by atoms with Gasteiger partial charge in [-0.25, -0.2) is 22.9 Å². The molecule has 0 unspecified atom stereocenters. The first-order chi connectivity index (χ1) is 9.81. The Bertz CT molecular complexity index is 798. The van der Waals surface area contributed by atoms with Gasteiger partial charge < -0.3 is 5.11 Å². The lowest BCUT2D eigenvalue weighted by molar-refractivity contribution is 0.0697. The molecule has 21 heavy (non-hydrogen) atoms. The van der Waals surface area contributed by atoms with Crippen LogP contribution in [0, 0.1) is 0 Å². The second-order valence-electron chi connectivity index (χ2n) is 3.64. The van der Waals surface area contributed by atoms with Crippen molar-refractivity contribution in [3.63, 3.8) is 0 Å². The summed E-state index contributed by atoms with van der Waals surface area (Å²) in [6, 6.07) is 1.89. The van der Waals surface area contributed by atoms with E-state index in [1.165, 1.54) is 12.4 Å². The molecule has 2 rings (SSSR count). The molecular formula is C10H6Cl2N4O4S. The zero-order chi connectivity index (χ0) is 15.6. The quantitative estimate of drug-likeness (QED) is 0.861. The number of aromatic nitrogens is 3. The molecule has 11 heteroatoms. The number of carbonyl (C=O) groups is 1. The molecule has 0 radical (unpaired) electrons. The zero-order valence-electron chi connectivity index (χ0n) is 9.99. The van der Waals surface area contributed by atoms with E-state index >= 15 is 0 Å².